The molecular weight excluding hydrogens is 190 g/mol. The molecule has 3 nitrogen and oxygen atoms in total. The van der Waals surface area contributed by atoms with Gasteiger partial charge in [0.05, 0.1) is 5.60 Å². The van der Waals surface area contributed by atoms with Gasteiger partial charge in [0.1, 0.15) is 5.78 Å². The molecule has 0 saturated carbocycles. The third kappa shape index (κ3) is 3.92. The van der Waals surface area contributed by atoms with Crippen molar-refractivity contribution in [2.24, 2.45) is 5.41 Å². The molecule has 1 unspecified atom stereocenters. The van der Waals surface area contributed by atoms with Crippen LogP contribution in [0.2, 0.25) is 0 Å². The van der Waals surface area contributed by atoms with Gasteiger partial charge in [-0.2, -0.15) is 0 Å². The van der Waals surface area contributed by atoms with E-state index in [9.17, 15) is 9.90 Å². The summed E-state index contributed by atoms with van der Waals surface area (Å²) in [5, 5.41) is 9.76. The molecule has 0 bridgehead atoms. The SMILES string of the molecule is CC1(O)CCN(CCC(=O)C(C)(C)C)C1. The fraction of sp³-hybridized carbons (Fsp3) is 0.917. The molecule has 3 heteroatoms. The van der Waals surface area contributed by atoms with E-state index in [0.29, 0.717) is 18.7 Å². The van der Waals surface area contributed by atoms with E-state index in [4.69, 9.17) is 0 Å². The first-order valence-electron chi connectivity index (χ1n) is 5.69. The Morgan fingerprint density at radius 3 is 2.47 bits per heavy atom. The maximum Gasteiger partial charge on any atom is 0.139 e. The van der Waals surface area contributed by atoms with Crippen LogP contribution in [0.4, 0.5) is 0 Å². The number of carbonyl (C=O) groups excluding carboxylic acids is 1. The Hall–Kier alpha value is -0.410. The molecule has 0 spiro atoms. The molecule has 1 rings (SSSR count). The van der Waals surface area contributed by atoms with E-state index >= 15 is 0 Å². The summed E-state index contributed by atoms with van der Waals surface area (Å²) in [6.45, 7) is 10.1. The van der Waals surface area contributed by atoms with Gasteiger partial charge in [-0.25, -0.2) is 0 Å². The number of hydrogen-bond acceptors (Lipinski definition) is 3. The molecule has 0 aromatic rings. The van der Waals surface area contributed by atoms with Crippen molar-refractivity contribution in [3.8, 4) is 0 Å². The number of likely N-dealkylation sites (tertiary alicyclic amines) is 1. The van der Waals surface area contributed by atoms with Gasteiger partial charge in [-0.1, -0.05) is 20.8 Å². The lowest BCUT2D eigenvalue weighted by Crippen LogP contribution is -2.32. The number of rotatable bonds is 3. The van der Waals surface area contributed by atoms with Gasteiger partial charge >= 0.3 is 0 Å². The smallest absolute Gasteiger partial charge is 0.139 e. The van der Waals surface area contributed by atoms with Crippen LogP contribution in [0.5, 0.6) is 0 Å². The monoisotopic (exact) mass is 213 g/mol. The van der Waals surface area contributed by atoms with Crippen LogP contribution in [0.25, 0.3) is 0 Å². The van der Waals surface area contributed by atoms with E-state index in [1.165, 1.54) is 0 Å². The first kappa shape index (κ1) is 12.7. The molecular formula is C12H23NO2. The van der Waals surface area contributed by atoms with Crippen LogP contribution in [0.15, 0.2) is 0 Å². The third-order valence-electron chi connectivity index (χ3n) is 3.02. The highest BCUT2D eigenvalue weighted by Crippen LogP contribution is 2.22. The lowest BCUT2D eigenvalue weighted by Gasteiger charge is -2.21. The predicted molar refractivity (Wildman–Crippen MR) is 60.8 cm³/mol. The first-order valence-corrected chi connectivity index (χ1v) is 5.69. The van der Waals surface area contributed by atoms with Crippen molar-refractivity contribution in [3.63, 3.8) is 0 Å². The van der Waals surface area contributed by atoms with E-state index in [-0.39, 0.29) is 5.41 Å². The summed E-state index contributed by atoms with van der Waals surface area (Å²) in [4.78, 5) is 13.9. The second kappa shape index (κ2) is 4.22. The normalized spacial score (nSPS) is 28.3. The minimum atomic E-state index is -0.551. The molecule has 0 radical (unpaired) electrons. The minimum Gasteiger partial charge on any atom is -0.389 e. The average Bonchev–Trinajstić information content (AvgIpc) is 2.39. The summed E-state index contributed by atoms with van der Waals surface area (Å²) in [5.74, 6) is 0.300. The maximum atomic E-state index is 11.7. The maximum absolute atomic E-state index is 11.7. The van der Waals surface area contributed by atoms with Crippen molar-refractivity contribution < 1.29 is 9.90 Å². The molecule has 15 heavy (non-hydrogen) atoms. The van der Waals surface area contributed by atoms with Gasteiger partial charge in [0, 0.05) is 31.5 Å². The van der Waals surface area contributed by atoms with Gasteiger partial charge in [0.15, 0.2) is 0 Å². The van der Waals surface area contributed by atoms with E-state index in [1.54, 1.807) is 0 Å². The van der Waals surface area contributed by atoms with Crippen molar-refractivity contribution in [3.05, 3.63) is 0 Å². The molecule has 1 heterocycles. The fourth-order valence-electron chi connectivity index (χ4n) is 1.86. The summed E-state index contributed by atoms with van der Waals surface area (Å²) in [5.41, 5.74) is -0.785. The highest BCUT2D eigenvalue weighted by Gasteiger charge is 2.31. The molecule has 1 atom stereocenters. The molecule has 0 aromatic carbocycles. The topological polar surface area (TPSA) is 40.5 Å². The summed E-state index contributed by atoms with van der Waals surface area (Å²) in [7, 11) is 0. The number of β-amino-alcohol motifs (C(OH)–C–C–N with tert-alkyl or cyclic N) is 1. The van der Waals surface area contributed by atoms with Crippen molar-refractivity contribution in [1.29, 1.82) is 0 Å². The first-order chi connectivity index (χ1) is 6.71. The quantitative estimate of drug-likeness (QED) is 0.771. The van der Waals surface area contributed by atoms with Gasteiger partial charge in [0.2, 0.25) is 0 Å². The number of nitrogens with zero attached hydrogens (tertiary/aromatic N) is 1. The highest BCUT2D eigenvalue weighted by molar-refractivity contribution is 5.83. The zero-order valence-electron chi connectivity index (χ0n) is 10.3. The van der Waals surface area contributed by atoms with E-state index in [2.05, 4.69) is 4.90 Å². The molecule has 1 aliphatic heterocycles. The van der Waals surface area contributed by atoms with Gasteiger partial charge in [-0.3, -0.25) is 9.69 Å². The Balaban J connectivity index is 2.31. The van der Waals surface area contributed by atoms with Crippen LogP contribution in [0.1, 0.15) is 40.5 Å². The largest absolute Gasteiger partial charge is 0.389 e. The van der Waals surface area contributed by atoms with Crippen molar-refractivity contribution >= 4 is 5.78 Å². The van der Waals surface area contributed by atoms with Gasteiger partial charge in [-0.15, -0.1) is 0 Å². The lowest BCUT2D eigenvalue weighted by molar-refractivity contribution is -0.126. The second-order valence-electron chi connectivity index (χ2n) is 5.95. The van der Waals surface area contributed by atoms with Gasteiger partial charge in [-0.05, 0) is 13.3 Å². The Labute approximate surface area is 92.5 Å². The van der Waals surface area contributed by atoms with E-state index < -0.39 is 5.60 Å². The van der Waals surface area contributed by atoms with Crippen molar-refractivity contribution in [2.75, 3.05) is 19.6 Å². The Kier molecular flexibility index (Phi) is 3.56. The average molecular weight is 213 g/mol. The molecule has 0 aliphatic carbocycles. The summed E-state index contributed by atoms with van der Waals surface area (Å²) in [6.07, 6.45) is 1.41. The standard InChI is InChI=1S/C12H23NO2/c1-11(2,3)10(14)5-7-13-8-6-12(4,15)9-13/h15H,5-9H2,1-4H3. The predicted octanol–water partition coefficient (Wildman–Crippen LogP) is 1.45. The Morgan fingerprint density at radius 2 is 2.07 bits per heavy atom. The van der Waals surface area contributed by atoms with Crippen LogP contribution < -0.4 is 0 Å². The van der Waals surface area contributed by atoms with E-state index in [0.717, 1.165) is 19.5 Å². The number of ketones is 1. The molecule has 1 aliphatic rings. The van der Waals surface area contributed by atoms with Gasteiger partial charge < -0.3 is 5.11 Å². The third-order valence-corrected chi connectivity index (χ3v) is 3.02. The number of carbonyl (C=O) groups is 1. The fourth-order valence-corrected chi connectivity index (χ4v) is 1.86. The van der Waals surface area contributed by atoms with Crippen LogP contribution >= 0.6 is 0 Å². The number of hydrogen-bond donors (Lipinski definition) is 1. The Morgan fingerprint density at radius 1 is 1.47 bits per heavy atom. The van der Waals surface area contributed by atoms with Crippen LogP contribution in [-0.4, -0.2) is 41.0 Å². The molecule has 0 aromatic heterocycles. The van der Waals surface area contributed by atoms with E-state index in [1.807, 2.05) is 27.7 Å². The molecule has 1 fully saturated rings. The van der Waals surface area contributed by atoms with Crippen molar-refractivity contribution in [2.45, 2.75) is 46.1 Å². The molecule has 1 saturated heterocycles. The zero-order valence-corrected chi connectivity index (χ0v) is 10.3. The van der Waals surface area contributed by atoms with Gasteiger partial charge in [0.25, 0.3) is 0 Å². The van der Waals surface area contributed by atoms with Crippen molar-refractivity contribution in [1.82, 2.24) is 4.90 Å². The van der Waals surface area contributed by atoms with Crippen LogP contribution in [0, 0.1) is 5.41 Å². The number of Topliss-reactive ketones (excluding diaryl/α,β-unsaturated/α-hetero) is 1. The second-order valence-corrected chi connectivity index (χ2v) is 5.95. The van der Waals surface area contributed by atoms with Crippen LogP contribution in [-0.2, 0) is 4.79 Å². The molecule has 88 valence electrons. The lowest BCUT2D eigenvalue weighted by atomic mass is 9.89. The minimum absolute atomic E-state index is 0.234. The number of aliphatic hydroxyl groups is 1. The molecule has 0 amide bonds. The summed E-state index contributed by atoms with van der Waals surface area (Å²) in [6, 6.07) is 0. The highest BCUT2D eigenvalue weighted by atomic mass is 16.3. The van der Waals surface area contributed by atoms with Crippen LogP contribution in [0.3, 0.4) is 0 Å². The zero-order chi connectivity index (χ0) is 11.7. The Bertz CT molecular complexity index is 240. The summed E-state index contributed by atoms with van der Waals surface area (Å²) < 4.78 is 0. The molecule has 1 N–H and O–H groups in total. The summed E-state index contributed by atoms with van der Waals surface area (Å²) >= 11 is 0.